The minimum absolute atomic E-state index is 0.138. The summed E-state index contributed by atoms with van der Waals surface area (Å²) in [6.45, 7) is 0. The largest absolute Gasteiger partial charge is 0.497 e. The average Bonchev–Trinajstić information content (AvgIpc) is 3.26. The Labute approximate surface area is 189 Å². The molecule has 0 bridgehead atoms. The van der Waals surface area contributed by atoms with Crippen LogP contribution in [0.25, 0.3) is 0 Å². The standard InChI is InChI=1S/C25H18ClNO5/c1-31-18-10-8-17(9-11-18)27-22(28)14-20(23(27)29)25(15-5-3-2-4-6-15)19-13-16(26)7-12-21(19)32-24(25)30/h2-13,20H,14H2,1H3/t20-,25+/m1/s1. The van der Waals surface area contributed by atoms with Gasteiger partial charge in [-0.05, 0) is 48.0 Å². The van der Waals surface area contributed by atoms with Crippen LogP contribution in [0.5, 0.6) is 11.5 Å². The molecule has 0 aromatic heterocycles. The van der Waals surface area contributed by atoms with Crippen LogP contribution in [0.1, 0.15) is 17.5 Å². The van der Waals surface area contributed by atoms with Gasteiger partial charge in [0.2, 0.25) is 11.8 Å². The van der Waals surface area contributed by atoms with E-state index in [4.69, 9.17) is 21.1 Å². The summed E-state index contributed by atoms with van der Waals surface area (Å²) in [5.74, 6) is -1.48. The van der Waals surface area contributed by atoms with E-state index in [1.807, 2.05) is 6.07 Å². The second kappa shape index (κ2) is 7.50. The first kappa shape index (κ1) is 20.3. The molecule has 32 heavy (non-hydrogen) atoms. The van der Waals surface area contributed by atoms with Crippen LogP contribution in [-0.2, 0) is 19.8 Å². The van der Waals surface area contributed by atoms with Gasteiger partial charge in [-0.1, -0.05) is 41.9 Å². The van der Waals surface area contributed by atoms with Crippen molar-refractivity contribution in [2.24, 2.45) is 5.92 Å². The Morgan fingerprint density at radius 3 is 2.41 bits per heavy atom. The minimum atomic E-state index is -1.48. The van der Waals surface area contributed by atoms with Gasteiger partial charge in [0.1, 0.15) is 16.9 Å². The van der Waals surface area contributed by atoms with E-state index in [-0.39, 0.29) is 12.3 Å². The number of imide groups is 1. The highest BCUT2D eigenvalue weighted by Crippen LogP contribution is 2.53. The lowest BCUT2D eigenvalue weighted by atomic mass is 9.66. The zero-order chi connectivity index (χ0) is 22.5. The molecule has 2 amide bonds. The number of esters is 1. The lowest BCUT2D eigenvalue weighted by Crippen LogP contribution is -2.46. The number of hydrogen-bond acceptors (Lipinski definition) is 5. The van der Waals surface area contributed by atoms with E-state index in [0.717, 1.165) is 4.90 Å². The highest BCUT2D eigenvalue weighted by atomic mass is 35.5. The molecule has 0 unspecified atom stereocenters. The second-order valence-corrected chi connectivity index (χ2v) is 8.16. The molecule has 6 nitrogen and oxygen atoms in total. The summed E-state index contributed by atoms with van der Waals surface area (Å²) >= 11 is 6.27. The Bertz CT molecular complexity index is 1240. The van der Waals surface area contributed by atoms with Gasteiger partial charge in [0.15, 0.2) is 0 Å². The molecule has 1 fully saturated rings. The SMILES string of the molecule is COc1ccc(N2C(=O)C[C@@H]([C@@]3(c4ccccc4)C(=O)Oc4ccc(Cl)cc43)C2=O)cc1. The smallest absolute Gasteiger partial charge is 0.327 e. The summed E-state index contributed by atoms with van der Waals surface area (Å²) < 4.78 is 10.8. The van der Waals surface area contributed by atoms with Crippen molar-refractivity contribution < 1.29 is 23.9 Å². The molecule has 3 aromatic rings. The van der Waals surface area contributed by atoms with Gasteiger partial charge in [0.25, 0.3) is 0 Å². The Balaban J connectivity index is 1.68. The molecule has 0 saturated carbocycles. The third kappa shape index (κ3) is 2.83. The normalized spacial score (nSPS) is 22.1. The first-order chi connectivity index (χ1) is 15.5. The summed E-state index contributed by atoms with van der Waals surface area (Å²) in [6, 6.07) is 20.5. The quantitative estimate of drug-likeness (QED) is 0.341. The van der Waals surface area contributed by atoms with Crippen LogP contribution in [0, 0.1) is 5.92 Å². The van der Waals surface area contributed by atoms with Crippen molar-refractivity contribution in [3.05, 3.63) is 88.9 Å². The van der Waals surface area contributed by atoms with Gasteiger partial charge in [0, 0.05) is 17.0 Å². The maximum absolute atomic E-state index is 13.7. The van der Waals surface area contributed by atoms with Gasteiger partial charge in [-0.2, -0.15) is 0 Å². The van der Waals surface area contributed by atoms with E-state index >= 15 is 0 Å². The summed E-state index contributed by atoms with van der Waals surface area (Å²) in [5.41, 5.74) is 0.0111. The summed E-state index contributed by atoms with van der Waals surface area (Å²) in [6.07, 6.45) is -0.138. The van der Waals surface area contributed by atoms with Crippen molar-refractivity contribution in [1.29, 1.82) is 0 Å². The number of carbonyl (C=O) groups is 3. The number of fused-ring (bicyclic) bond motifs is 1. The number of benzene rings is 3. The number of anilines is 1. The lowest BCUT2D eigenvalue weighted by Gasteiger charge is -2.31. The molecule has 3 aromatic carbocycles. The Hall–Kier alpha value is -3.64. The van der Waals surface area contributed by atoms with E-state index in [1.54, 1.807) is 66.7 Å². The molecule has 5 rings (SSSR count). The molecule has 0 N–H and O–H groups in total. The molecule has 1 saturated heterocycles. The molecule has 160 valence electrons. The number of halogens is 1. The van der Waals surface area contributed by atoms with Gasteiger partial charge < -0.3 is 9.47 Å². The van der Waals surface area contributed by atoms with Crippen LogP contribution in [0.2, 0.25) is 5.02 Å². The van der Waals surface area contributed by atoms with E-state index in [9.17, 15) is 14.4 Å². The fourth-order valence-corrected chi connectivity index (χ4v) is 4.84. The van der Waals surface area contributed by atoms with Crippen molar-refractivity contribution in [2.45, 2.75) is 11.8 Å². The second-order valence-electron chi connectivity index (χ2n) is 7.73. The van der Waals surface area contributed by atoms with Crippen molar-refractivity contribution in [1.82, 2.24) is 0 Å². The molecule has 2 atom stereocenters. The van der Waals surface area contributed by atoms with Crippen molar-refractivity contribution in [2.75, 3.05) is 12.0 Å². The zero-order valence-corrected chi connectivity index (χ0v) is 17.8. The molecular weight excluding hydrogens is 430 g/mol. The Morgan fingerprint density at radius 2 is 1.72 bits per heavy atom. The maximum atomic E-state index is 13.7. The Morgan fingerprint density at radius 1 is 1.00 bits per heavy atom. The molecule has 0 aliphatic carbocycles. The molecule has 2 aliphatic heterocycles. The summed E-state index contributed by atoms with van der Waals surface area (Å²) in [5, 5.41) is 0.408. The van der Waals surface area contributed by atoms with Crippen molar-refractivity contribution in [3.8, 4) is 11.5 Å². The molecule has 2 aliphatic rings. The molecular formula is C25H18ClNO5. The first-order valence-corrected chi connectivity index (χ1v) is 10.4. The third-order valence-electron chi connectivity index (χ3n) is 6.12. The highest BCUT2D eigenvalue weighted by molar-refractivity contribution is 6.31. The fraction of sp³-hybridized carbons (Fsp3) is 0.160. The van der Waals surface area contributed by atoms with E-state index < -0.39 is 23.2 Å². The fourth-order valence-electron chi connectivity index (χ4n) is 4.67. The predicted molar refractivity (Wildman–Crippen MR) is 118 cm³/mol. The van der Waals surface area contributed by atoms with Crippen molar-refractivity contribution in [3.63, 3.8) is 0 Å². The average molecular weight is 448 g/mol. The van der Waals surface area contributed by atoms with Gasteiger partial charge >= 0.3 is 5.97 Å². The highest BCUT2D eigenvalue weighted by Gasteiger charge is 2.62. The van der Waals surface area contributed by atoms with Crippen LogP contribution in [0.3, 0.4) is 0 Å². The lowest BCUT2D eigenvalue weighted by molar-refractivity contribution is -0.141. The predicted octanol–water partition coefficient (Wildman–Crippen LogP) is 4.13. The number of ether oxygens (including phenoxy) is 2. The third-order valence-corrected chi connectivity index (χ3v) is 6.36. The number of nitrogens with zero attached hydrogens (tertiary/aromatic N) is 1. The van der Waals surface area contributed by atoms with E-state index in [1.165, 1.54) is 7.11 Å². The van der Waals surface area contributed by atoms with Crippen LogP contribution in [0.15, 0.2) is 72.8 Å². The van der Waals surface area contributed by atoms with Crippen LogP contribution >= 0.6 is 11.6 Å². The minimum Gasteiger partial charge on any atom is -0.497 e. The molecule has 7 heteroatoms. The van der Waals surface area contributed by atoms with E-state index in [0.29, 0.717) is 33.3 Å². The van der Waals surface area contributed by atoms with Crippen LogP contribution < -0.4 is 14.4 Å². The summed E-state index contributed by atoms with van der Waals surface area (Å²) in [7, 11) is 1.54. The number of hydrogen-bond donors (Lipinski definition) is 0. The topological polar surface area (TPSA) is 72.9 Å². The number of amides is 2. The number of rotatable bonds is 4. The van der Waals surface area contributed by atoms with Crippen LogP contribution in [0.4, 0.5) is 5.69 Å². The number of carbonyl (C=O) groups excluding carboxylic acids is 3. The maximum Gasteiger partial charge on any atom is 0.327 e. The summed E-state index contributed by atoms with van der Waals surface area (Å²) in [4.78, 5) is 41.4. The number of methoxy groups -OCH3 is 1. The molecule has 0 spiro atoms. The first-order valence-electron chi connectivity index (χ1n) is 10.1. The molecule has 0 radical (unpaired) electrons. The van der Waals surface area contributed by atoms with Gasteiger partial charge in [0.05, 0.1) is 18.7 Å². The monoisotopic (exact) mass is 447 g/mol. The van der Waals surface area contributed by atoms with Crippen molar-refractivity contribution >= 4 is 35.1 Å². The van der Waals surface area contributed by atoms with Gasteiger partial charge in [-0.25, -0.2) is 0 Å². The van der Waals surface area contributed by atoms with Gasteiger partial charge in [-0.15, -0.1) is 0 Å². The van der Waals surface area contributed by atoms with Gasteiger partial charge in [-0.3, -0.25) is 19.3 Å². The zero-order valence-electron chi connectivity index (χ0n) is 17.1. The Kier molecular flexibility index (Phi) is 4.75. The van der Waals surface area contributed by atoms with E-state index in [2.05, 4.69) is 0 Å². The molecule has 2 heterocycles. The van der Waals surface area contributed by atoms with Crippen LogP contribution in [-0.4, -0.2) is 24.9 Å².